The van der Waals surface area contributed by atoms with Crippen LogP contribution in [0.4, 0.5) is 5.69 Å². The first-order valence-electron chi connectivity index (χ1n) is 5.74. The normalized spacial score (nSPS) is 10.3. The van der Waals surface area contributed by atoms with E-state index < -0.39 is 5.91 Å². The lowest BCUT2D eigenvalue weighted by Gasteiger charge is -2.06. The van der Waals surface area contributed by atoms with Gasteiger partial charge in [0.15, 0.2) is 0 Å². The van der Waals surface area contributed by atoms with Crippen molar-refractivity contribution >= 4 is 11.6 Å². The molecule has 0 spiro atoms. The zero-order valence-corrected chi connectivity index (χ0v) is 10.1. The van der Waals surface area contributed by atoms with Crippen LogP contribution in [-0.4, -0.2) is 27.2 Å². The fourth-order valence-corrected chi connectivity index (χ4v) is 1.51. The van der Waals surface area contributed by atoms with Gasteiger partial charge in [-0.3, -0.25) is 9.78 Å². The number of aromatic nitrogens is 3. The molecule has 0 saturated heterocycles. The van der Waals surface area contributed by atoms with Crippen molar-refractivity contribution in [3.05, 3.63) is 36.4 Å². The maximum Gasteiger partial charge on any atom is 0.251 e. The monoisotopic (exact) mass is 245 g/mol. The summed E-state index contributed by atoms with van der Waals surface area (Å²) in [5, 5.41) is 7.32. The lowest BCUT2D eigenvalue weighted by atomic mass is 10.3. The van der Waals surface area contributed by atoms with Crippen molar-refractivity contribution in [3.8, 4) is 5.69 Å². The van der Waals surface area contributed by atoms with Gasteiger partial charge in [-0.25, -0.2) is 4.68 Å². The number of rotatable bonds is 5. The van der Waals surface area contributed by atoms with Crippen molar-refractivity contribution in [1.29, 1.82) is 0 Å². The molecule has 0 saturated carbocycles. The summed E-state index contributed by atoms with van der Waals surface area (Å²) in [7, 11) is 0. The van der Waals surface area contributed by atoms with Crippen LogP contribution in [0.15, 0.2) is 30.9 Å². The third kappa shape index (κ3) is 2.65. The maximum absolute atomic E-state index is 11.0. The lowest BCUT2D eigenvalue weighted by Crippen LogP contribution is -2.09. The van der Waals surface area contributed by atoms with Crippen molar-refractivity contribution < 1.29 is 4.79 Å². The summed E-state index contributed by atoms with van der Waals surface area (Å²) in [6.07, 6.45) is 7.49. The highest BCUT2D eigenvalue weighted by atomic mass is 16.1. The molecule has 2 heterocycles. The molecule has 0 fully saturated rings. The van der Waals surface area contributed by atoms with Gasteiger partial charge in [0.05, 0.1) is 35.5 Å². The van der Waals surface area contributed by atoms with Crippen LogP contribution in [0.2, 0.25) is 0 Å². The summed E-state index contributed by atoms with van der Waals surface area (Å²) in [4.78, 5) is 15.1. The van der Waals surface area contributed by atoms with E-state index in [-0.39, 0.29) is 0 Å². The van der Waals surface area contributed by atoms with Crippen LogP contribution in [0, 0.1) is 0 Å². The van der Waals surface area contributed by atoms with E-state index in [9.17, 15) is 4.79 Å². The van der Waals surface area contributed by atoms with E-state index in [2.05, 4.69) is 22.3 Å². The number of hydrogen-bond acceptors (Lipinski definition) is 4. The molecular weight excluding hydrogens is 230 g/mol. The van der Waals surface area contributed by atoms with E-state index >= 15 is 0 Å². The topological polar surface area (TPSA) is 85.8 Å². The van der Waals surface area contributed by atoms with Crippen LogP contribution in [0.5, 0.6) is 0 Å². The van der Waals surface area contributed by atoms with Crippen molar-refractivity contribution in [3.63, 3.8) is 0 Å². The minimum atomic E-state index is -0.491. The molecule has 2 aromatic rings. The molecule has 0 radical (unpaired) electrons. The average molecular weight is 245 g/mol. The number of nitrogens with two attached hydrogens (primary N) is 1. The van der Waals surface area contributed by atoms with Crippen LogP contribution in [-0.2, 0) is 0 Å². The number of primary amides is 1. The van der Waals surface area contributed by atoms with Gasteiger partial charge in [-0.2, -0.15) is 5.10 Å². The zero-order chi connectivity index (χ0) is 13.0. The van der Waals surface area contributed by atoms with Crippen LogP contribution in [0.1, 0.15) is 23.7 Å². The second-order valence-corrected chi connectivity index (χ2v) is 3.90. The molecule has 6 nitrogen and oxygen atoms in total. The smallest absolute Gasteiger partial charge is 0.251 e. The van der Waals surface area contributed by atoms with Crippen LogP contribution >= 0.6 is 0 Å². The molecule has 2 rings (SSSR count). The number of nitrogens with one attached hydrogen (secondary N) is 1. The highest BCUT2D eigenvalue weighted by Crippen LogP contribution is 2.12. The Bertz CT molecular complexity index is 549. The number of pyridine rings is 1. The summed E-state index contributed by atoms with van der Waals surface area (Å²) in [5.41, 5.74) is 7.26. The molecule has 0 aliphatic carbocycles. The average Bonchev–Trinajstić information content (AvgIpc) is 2.86. The number of amides is 1. The van der Waals surface area contributed by atoms with Crippen LogP contribution in [0.25, 0.3) is 5.69 Å². The minimum Gasteiger partial charge on any atom is -0.384 e. The summed E-state index contributed by atoms with van der Waals surface area (Å²) >= 11 is 0. The maximum atomic E-state index is 11.0. The SMILES string of the molecule is CCCNc1cncc(-n2cc(C(N)=O)cn2)c1. The third-order valence-corrected chi connectivity index (χ3v) is 2.43. The second-order valence-electron chi connectivity index (χ2n) is 3.90. The minimum absolute atomic E-state index is 0.377. The summed E-state index contributed by atoms with van der Waals surface area (Å²) in [6.45, 7) is 2.98. The molecule has 0 aliphatic heterocycles. The van der Waals surface area contributed by atoms with Gasteiger partial charge in [0.2, 0.25) is 0 Å². The number of anilines is 1. The van der Waals surface area contributed by atoms with E-state index in [1.54, 1.807) is 23.3 Å². The molecule has 94 valence electrons. The predicted molar refractivity (Wildman–Crippen MR) is 68.7 cm³/mol. The molecule has 3 N–H and O–H groups in total. The second kappa shape index (κ2) is 5.31. The van der Waals surface area contributed by atoms with Crippen molar-refractivity contribution in [2.24, 2.45) is 5.73 Å². The Morgan fingerprint density at radius 3 is 2.94 bits per heavy atom. The molecule has 2 aromatic heterocycles. The van der Waals surface area contributed by atoms with Gasteiger partial charge < -0.3 is 11.1 Å². The van der Waals surface area contributed by atoms with Gasteiger partial charge >= 0.3 is 0 Å². The number of nitrogens with zero attached hydrogens (tertiary/aromatic N) is 3. The third-order valence-electron chi connectivity index (χ3n) is 2.43. The fraction of sp³-hybridized carbons (Fsp3) is 0.250. The van der Waals surface area contributed by atoms with Gasteiger partial charge in [-0.05, 0) is 12.5 Å². The molecule has 0 unspecified atom stereocenters. The number of carbonyl (C=O) groups is 1. The molecule has 0 aromatic carbocycles. The summed E-state index contributed by atoms with van der Waals surface area (Å²) in [6, 6.07) is 1.92. The van der Waals surface area contributed by atoms with Gasteiger partial charge in [-0.15, -0.1) is 0 Å². The Kier molecular flexibility index (Phi) is 3.57. The van der Waals surface area contributed by atoms with Crippen molar-refractivity contribution in [2.75, 3.05) is 11.9 Å². The van der Waals surface area contributed by atoms with Crippen molar-refractivity contribution in [1.82, 2.24) is 14.8 Å². The Morgan fingerprint density at radius 2 is 2.28 bits per heavy atom. The summed E-state index contributed by atoms with van der Waals surface area (Å²) in [5.74, 6) is -0.491. The Balaban J connectivity index is 2.23. The quantitative estimate of drug-likeness (QED) is 0.828. The van der Waals surface area contributed by atoms with Gasteiger partial charge in [-0.1, -0.05) is 6.92 Å². The van der Waals surface area contributed by atoms with Crippen LogP contribution < -0.4 is 11.1 Å². The fourth-order valence-electron chi connectivity index (χ4n) is 1.51. The predicted octanol–water partition coefficient (Wildman–Crippen LogP) is 1.19. The molecule has 6 heteroatoms. The molecule has 0 aliphatic rings. The van der Waals surface area contributed by atoms with Crippen LogP contribution in [0.3, 0.4) is 0 Å². The molecule has 1 amide bonds. The van der Waals surface area contributed by atoms with E-state index in [1.807, 2.05) is 6.07 Å². The lowest BCUT2D eigenvalue weighted by molar-refractivity contribution is 0.100. The highest BCUT2D eigenvalue weighted by Gasteiger charge is 2.06. The van der Waals surface area contributed by atoms with E-state index in [0.29, 0.717) is 5.56 Å². The first kappa shape index (κ1) is 12.1. The number of carbonyl (C=O) groups excluding carboxylic acids is 1. The first-order chi connectivity index (χ1) is 8.70. The summed E-state index contributed by atoms with van der Waals surface area (Å²) < 4.78 is 1.57. The Labute approximate surface area is 105 Å². The van der Waals surface area contributed by atoms with E-state index in [4.69, 9.17) is 5.73 Å². The van der Waals surface area contributed by atoms with Gasteiger partial charge in [0, 0.05) is 12.7 Å². The number of hydrogen-bond donors (Lipinski definition) is 2. The molecule has 18 heavy (non-hydrogen) atoms. The first-order valence-corrected chi connectivity index (χ1v) is 5.74. The van der Waals surface area contributed by atoms with Gasteiger partial charge in [0.1, 0.15) is 0 Å². The van der Waals surface area contributed by atoms with E-state index in [1.165, 1.54) is 6.20 Å². The molecule has 0 atom stereocenters. The largest absolute Gasteiger partial charge is 0.384 e. The van der Waals surface area contributed by atoms with Crippen molar-refractivity contribution in [2.45, 2.75) is 13.3 Å². The van der Waals surface area contributed by atoms with Gasteiger partial charge in [0.25, 0.3) is 5.91 Å². The molecular formula is C12H15N5O. The highest BCUT2D eigenvalue weighted by molar-refractivity contribution is 5.92. The Hall–Kier alpha value is -2.37. The standard InChI is InChI=1S/C12H15N5O/c1-2-3-15-10-4-11(7-14-6-10)17-8-9(5-16-17)12(13)18/h4-8,15H,2-3H2,1H3,(H2,13,18). The Morgan fingerprint density at radius 1 is 1.44 bits per heavy atom. The molecule has 0 bridgehead atoms. The zero-order valence-electron chi connectivity index (χ0n) is 10.1. The van der Waals surface area contributed by atoms with E-state index in [0.717, 1.165) is 24.3 Å².